The molecule has 0 radical (unpaired) electrons. The summed E-state index contributed by atoms with van der Waals surface area (Å²) in [7, 11) is -3.62. The smallest absolute Gasteiger partial charge is 0.259 e. The number of nitrogens with zero attached hydrogens (tertiary/aromatic N) is 2. The van der Waals surface area contributed by atoms with Crippen LogP contribution in [0.5, 0.6) is 0 Å². The molecule has 21 heavy (non-hydrogen) atoms. The van der Waals surface area contributed by atoms with Gasteiger partial charge in [0.1, 0.15) is 0 Å². The fourth-order valence-electron chi connectivity index (χ4n) is 3.89. The maximum Gasteiger partial charge on any atom is 0.259 e. The van der Waals surface area contributed by atoms with Crippen molar-refractivity contribution in [3.63, 3.8) is 0 Å². The van der Waals surface area contributed by atoms with Gasteiger partial charge in [0, 0.05) is 18.1 Å². The van der Waals surface area contributed by atoms with E-state index in [0.717, 1.165) is 12.3 Å². The average Bonchev–Trinajstić information content (AvgIpc) is 3.14. The minimum Gasteiger partial charge on any atom is -0.279 e. The van der Waals surface area contributed by atoms with E-state index >= 15 is 0 Å². The summed E-state index contributed by atoms with van der Waals surface area (Å²) in [5.74, 6) is 1.98. The van der Waals surface area contributed by atoms with E-state index in [9.17, 15) is 8.42 Å². The molecule has 2 heterocycles. The van der Waals surface area contributed by atoms with E-state index in [1.165, 1.54) is 35.0 Å². The van der Waals surface area contributed by atoms with Crippen LogP contribution < -0.4 is 4.72 Å². The van der Waals surface area contributed by atoms with Gasteiger partial charge in [0.2, 0.25) is 0 Å². The molecule has 8 heteroatoms. The van der Waals surface area contributed by atoms with Crippen LogP contribution >= 0.6 is 22.9 Å². The Morgan fingerprint density at radius 2 is 2.29 bits per heavy atom. The molecule has 0 aliphatic heterocycles. The molecule has 2 fully saturated rings. The van der Waals surface area contributed by atoms with Gasteiger partial charge in [-0.1, -0.05) is 18.0 Å². The second kappa shape index (κ2) is 4.94. The monoisotopic (exact) mass is 345 g/mol. The number of hydrogen-bond donors (Lipinski definition) is 1. The first-order valence-electron chi connectivity index (χ1n) is 7.15. The van der Waals surface area contributed by atoms with Crippen molar-refractivity contribution >= 4 is 37.9 Å². The maximum atomic E-state index is 12.5. The van der Waals surface area contributed by atoms with Crippen LogP contribution in [0.3, 0.4) is 0 Å². The molecule has 2 aliphatic rings. The molecular formula is C13H16ClN3O2S2. The molecule has 2 aromatic rings. The van der Waals surface area contributed by atoms with E-state index in [-0.39, 0.29) is 10.2 Å². The van der Waals surface area contributed by atoms with Crippen molar-refractivity contribution < 1.29 is 8.42 Å². The van der Waals surface area contributed by atoms with Gasteiger partial charge in [0.15, 0.2) is 15.1 Å². The number of imidazole rings is 1. The van der Waals surface area contributed by atoms with Crippen molar-refractivity contribution in [2.24, 2.45) is 17.8 Å². The lowest BCUT2D eigenvalue weighted by Gasteiger charge is -2.21. The predicted octanol–water partition coefficient (Wildman–Crippen LogP) is 2.76. The molecule has 2 bridgehead atoms. The molecule has 3 unspecified atom stereocenters. The Balaban J connectivity index is 1.56. The van der Waals surface area contributed by atoms with Gasteiger partial charge in [0.25, 0.3) is 10.0 Å². The van der Waals surface area contributed by atoms with Gasteiger partial charge in [-0.3, -0.25) is 4.40 Å². The quantitative estimate of drug-likeness (QED) is 0.926. The van der Waals surface area contributed by atoms with Gasteiger partial charge in [-0.25, -0.2) is 18.1 Å². The summed E-state index contributed by atoms with van der Waals surface area (Å²) in [6, 6.07) is 0. The Morgan fingerprint density at radius 1 is 1.43 bits per heavy atom. The predicted molar refractivity (Wildman–Crippen MR) is 82.2 cm³/mol. The highest BCUT2D eigenvalue weighted by Gasteiger charge is 2.40. The zero-order valence-electron chi connectivity index (χ0n) is 11.3. The van der Waals surface area contributed by atoms with E-state index in [0.29, 0.717) is 23.3 Å². The van der Waals surface area contributed by atoms with E-state index < -0.39 is 10.0 Å². The number of fused-ring (bicyclic) bond motifs is 3. The molecule has 1 N–H and O–H groups in total. The largest absolute Gasteiger partial charge is 0.279 e. The summed E-state index contributed by atoms with van der Waals surface area (Å²) in [5.41, 5.74) is 0. The Bertz CT molecular complexity index is 783. The van der Waals surface area contributed by atoms with Crippen molar-refractivity contribution in [2.45, 2.75) is 30.7 Å². The second-order valence-corrected chi connectivity index (χ2v) is 8.96. The molecule has 5 nitrogen and oxygen atoms in total. The number of halogens is 1. The topological polar surface area (TPSA) is 63.5 Å². The summed E-state index contributed by atoms with van der Waals surface area (Å²) >= 11 is 7.37. The summed E-state index contributed by atoms with van der Waals surface area (Å²) in [4.78, 5) is 4.68. The molecular weight excluding hydrogens is 330 g/mol. The molecule has 114 valence electrons. The molecule has 2 saturated carbocycles. The van der Waals surface area contributed by atoms with Crippen LogP contribution in [0.4, 0.5) is 0 Å². The molecule has 0 aromatic carbocycles. The van der Waals surface area contributed by atoms with Crippen molar-refractivity contribution in [1.82, 2.24) is 14.1 Å². The number of rotatable bonds is 4. The normalized spacial score (nSPS) is 28.7. The van der Waals surface area contributed by atoms with Crippen LogP contribution in [0, 0.1) is 17.8 Å². The van der Waals surface area contributed by atoms with Crippen molar-refractivity contribution in [2.75, 3.05) is 6.54 Å². The number of hydrogen-bond acceptors (Lipinski definition) is 4. The van der Waals surface area contributed by atoms with E-state index in [4.69, 9.17) is 11.6 Å². The Hall–Kier alpha value is -0.630. The average molecular weight is 346 g/mol. The highest BCUT2D eigenvalue weighted by Crippen LogP contribution is 2.48. The lowest BCUT2D eigenvalue weighted by molar-refractivity contribution is 0.332. The fraction of sp³-hybridized carbons (Fsp3) is 0.615. The lowest BCUT2D eigenvalue weighted by atomic mass is 9.89. The van der Waals surface area contributed by atoms with Crippen LogP contribution in [0.2, 0.25) is 5.15 Å². The van der Waals surface area contributed by atoms with Crippen LogP contribution in [0.15, 0.2) is 16.6 Å². The number of sulfonamides is 1. The van der Waals surface area contributed by atoms with E-state index in [1.807, 2.05) is 0 Å². The number of aromatic nitrogens is 2. The van der Waals surface area contributed by atoms with Gasteiger partial charge in [-0.05, 0) is 37.0 Å². The standard InChI is InChI=1S/C13H16ClN3O2S2/c14-11-12(17-3-4-20-13(17)16-11)21(18,19)15-7-10-6-8-1-2-9(10)5-8/h3-4,8-10,15H,1-2,5-7H2. The van der Waals surface area contributed by atoms with Gasteiger partial charge in [-0.15, -0.1) is 11.3 Å². The summed E-state index contributed by atoms with van der Waals surface area (Å²) in [6.07, 6.45) is 6.68. The Morgan fingerprint density at radius 3 is 3.00 bits per heavy atom. The molecule has 2 aliphatic carbocycles. The number of nitrogens with one attached hydrogen (secondary N) is 1. The van der Waals surface area contributed by atoms with Crippen molar-refractivity contribution in [3.8, 4) is 0 Å². The summed E-state index contributed by atoms with van der Waals surface area (Å²) in [5, 5.41) is 1.90. The lowest BCUT2D eigenvalue weighted by Crippen LogP contribution is -2.32. The Labute approximate surface area is 132 Å². The molecule has 3 atom stereocenters. The van der Waals surface area contributed by atoms with Crippen LogP contribution in [0.1, 0.15) is 25.7 Å². The number of thiazole rings is 1. The zero-order valence-corrected chi connectivity index (χ0v) is 13.7. The van der Waals surface area contributed by atoms with Gasteiger partial charge in [0.05, 0.1) is 0 Å². The molecule has 4 rings (SSSR count). The molecule has 0 spiro atoms. The van der Waals surface area contributed by atoms with Crippen LogP contribution in [-0.4, -0.2) is 24.3 Å². The fourth-order valence-corrected chi connectivity index (χ4v) is 6.43. The van der Waals surface area contributed by atoms with Gasteiger partial charge in [-0.2, -0.15) is 0 Å². The first-order chi connectivity index (χ1) is 10.0. The Kier molecular flexibility index (Phi) is 3.29. The zero-order chi connectivity index (χ0) is 14.6. The third-order valence-corrected chi connectivity index (χ3v) is 7.43. The SMILES string of the molecule is O=S(=O)(NCC1CC2CCC1C2)c1c(Cl)nc2sccn12. The molecule has 2 aromatic heterocycles. The minimum absolute atomic E-state index is 0.0438. The van der Waals surface area contributed by atoms with Crippen molar-refractivity contribution in [3.05, 3.63) is 16.7 Å². The van der Waals surface area contributed by atoms with E-state index in [2.05, 4.69) is 9.71 Å². The van der Waals surface area contributed by atoms with E-state index in [1.54, 1.807) is 11.6 Å². The third-order valence-electron chi connectivity index (χ3n) is 4.85. The van der Waals surface area contributed by atoms with Crippen molar-refractivity contribution in [1.29, 1.82) is 0 Å². The minimum atomic E-state index is -3.62. The maximum absolute atomic E-state index is 12.5. The second-order valence-electron chi connectivity index (χ2n) is 6.05. The molecule has 0 saturated heterocycles. The van der Waals surface area contributed by atoms with Gasteiger partial charge < -0.3 is 0 Å². The highest BCUT2D eigenvalue weighted by atomic mass is 35.5. The van der Waals surface area contributed by atoms with Crippen LogP contribution in [0.25, 0.3) is 4.96 Å². The summed E-state index contributed by atoms with van der Waals surface area (Å²) in [6.45, 7) is 0.511. The van der Waals surface area contributed by atoms with Crippen LogP contribution in [-0.2, 0) is 10.0 Å². The first-order valence-corrected chi connectivity index (χ1v) is 9.89. The highest BCUT2D eigenvalue weighted by molar-refractivity contribution is 7.89. The van der Waals surface area contributed by atoms with Gasteiger partial charge >= 0.3 is 0 Å². The molecule has 0 amide bonds. The first kappa shape index (κ1) is 14.0. The summed E-state index contributed by atoms with van der Waals surface area (Å²) < 4.78 is 29.4. The third kappa shape index (κ3) is 2.30.